The molecule has 0 unspecified atom stereocenters. The maximum absolute atomic E-state index is 13.0. The number of piperidine rings is 1. The van der Waals surface area contributed by atoms with Gasteiger partial charge in [0.2, 0.25) is 0 Å². The zero-order valence-corrected chi connectivity index (χ0v) is 14.3. The van der Waals surface area contributed by atoms with Crippen molar-refractivity contribution in [2.75, 3.05) is 19.7 Å². The summed E-state index contributed by atoms with van der Waals surface area (Å²) < 4.78 is 1.71. The molecule has 6 heteroatoms. The van der Waals surface area contributed by atoms with Gasteiger partial charge >= 0.3 is 0 Å². The van der Waals surface area contributed by atoms with Crippen molar-refractivity contribution >= 4 is 11.4 Å². The number of carbonyl (C=O) groups excluding carboxylic acids is 1. The fourth-order valence-corrected chi connectivity index (χ4v) is 3.72. The van der Waals surface area contributed by atoms with E-state index < -0.39 is 11.5 Å². The molecule has 2 N–H and O–H groups in total. The summed E-state index contributed by atoms with van der Waals surface area (Å²) in [5.41, 5.74) is 1.80. The topological polar surface area (TPSA) is 78.1 Å². The molecule has 3 rings (SSSR count). The molecule has 0 radical (unpaired) electrons. The zero-order valence-electron chi connectivity index (χ0n) is 14.3. The van der Waals surface area contributed by atoms with Crippen molar-refractivity contribution in [1.82, 2.24) is 14.5 Å². The second-order valence-corrected chi connectivity index (χ2v) is 6.90. The lowest BCUT2D eigenvalue weighted by Gasteiger charge is -2.45. The summed E-state index contributed by atoms with van der Waals surface area (Å²) in [6.07, 6.45) is 4.96. The average molecular weight is 331 g/mol. The van der Waals surface area contributed by atoms with Gasteiger partial charge in [-0.15, -0.1) is 0 Å². The van der Waals surface area contributed by atoms with Crippen LogP contribution in [0.25, 0.3) is 5.52 Å². The van der Waals surface area contributed by atoms with Crippen LogP contribution in [0.4, 0.5) is 0 Å². The molecule has 6 nitrogen and oxygen atoms in total. The van der Waals surface area contributed by atoms with Crippen LogP contribution in [0.2, 0.25) is 0 Å². The smallest absolute Gasteiger partial charge is 0.257 e. The zero-order chi connectivity index (χ0) is 17.3. The molecule has 0 aliphatic carbocycles. The van der Waals surface area contributed by atoms with Crippen molar-refractivity contribution in [3.63, 3.8) is 0 Å². The summed E-state index contributed by atoms with van der Waals surface area (Å²) in [7, 11) is 0. The van der Waals surface area contributed by atoms with Gasteiger partial charge in [0, 0.05) is 24.7 Å². The molecule has 0 bridgehead atoms. The third kappa shape index (κ3) is 2.80. The Balaban J connectivity index is 1.89. The van der Waals surface area contributed by atoms with E-state index in [2.05, 4.69) is 5.10 Å². The van der Waals surface area contributed by atoms with Gasteiger partial charge in [0.1, 0.15) is 0 Å². The molecular formula is C18H25N3O3. The first-order valence-corrected chi connectivity index (χ1v) is 8.53. The molecule has 1 aliphatic rings. The van der Waals surface area contributed by atoms with E-state index in [4.69, 9.17) is 0 Å². The summed E-state index contributed by atoms with van der Waals surface area (Å²) in [5, 5.41) is 24.5. The van der Waals surface area contributed by atoms with Crippen LogP contribution in [0.15, 0.2) is 24.5 Å². The molecule has 24 heavy (non-hydrogen) atoms. The van der Waals surface area contributed by atoms with E-state index in [1.165, 1.54) is 0 Å². The molecule has 2 atom stereocenters. The summed E-state index contributed by atoms with van der Waals surface area (Å²) in [6, 6.07) is 3.86. The molecule has 1 saturated heterocycles. The number of rotatable bonds is 4. The summed E-state index contributed by atoms with van der Waals surface area (Å²) in [5.74, 6) is -0.0883. The van der Waals surface area contributed by atoms with Crippen molar-refractivity contribution in [1.29, 1.82) is 0 Å². The molecule has 2 aromatic heterocycles. The number of hydrogen-bond acceptors (Lipinski definition) is 4. The first-order valence-electron chi connectivity index (χ1n) is 8.53. The number of fused-ring (bicyclic) bond motifs is 1. The Morgan fingerprint density at radius 2 is 2.25 bits per heavy atom. The van der Waals surface area contributed by atoms with Gasteiger partial charge in [0.15, 0.2) is 0 Å². The molecular weight excluding hydrogens is 306 g/mol. The Morgan fingerprint density at radius 1 is 1.46 bits per heavy atom. The van der Waals surface area contributed by atoms with E-state index in [1.54, 1.807) is 15.6 Å². The van der Waals surface area contributed by atoms with Gasteiger partial charge in [-0.2, -0.15) is 5.10 Å². The maximum Gasteiger partial charge on any atom is 0.257 e. The van der Waals surface area contributed by atoms with Crippen molar-refractivity contribution in [2.45, 2.75) is 39.2 Å². The third-order valence-electron chi connectivity index (χ3n) is 5.13. The Bertz CT molecular complexity index is 742. The average Bonchev–Trinajstić information content (AvgIpc) is 2.99. The van der Waals surface area contributed by atoms with E-state index in [9.17, 15) is 15.0 Å². The Hall–Kier alpha value is -1.92. The van der Waals surface area contributed by atoms with E-state index in [-0.39, 0.29) is 12.5 Å². The van der Waals surface area contributed by atoms with Gasteiger partial charge in [0.25, 0.3) is 5.91 Å². The Morgan fingerprint density at radius 3 is 2.96 bits per heavy atom. The largest absolute Gasteiger partial charge is 0.396 e. The van der Waals surface area contributed by atoms with Gasteiger partial charge < -0.3 is 15.1 Å². The normalized spacial score (nSPS) is 24.5. The number of likely N-dealkylation sites (tertiary alicyclic amines) is 1. The molecule has 0 spiro atoms. The minimum Gasteiger partial charge on any atom is -0.396 e. The fraction of sp³-hybridized carbons (Fsp3) is 0.556. The van der Waals surface area contributed by atoms with Gasteiger partial charge in [-0.1, -0.05) is 19.4 Å². The summed E-state index contributed by atoms with van der Waals surface area (Å²) in [4.78, 5) is 14.7. The van der Waals surface area contributed by atoms with Crippen molar-refractivity contribution in [3.05, 3.63) is 35.7 Å². The van der Waals surface area contributed by atoms with Crippen molar-refractivity contribution < 1.29 is 15.0 Å². The molecule has 0 saturated carbocycles. The molecule has 1 fully saturated rings. The number of carbonyl (C=O) groups is 1. The molecule has 1 amide bonds. The van der Waals surface area contributed by atoms with Crippen LogP contribution in [0.3, 0.4) is 0 Å². The van der Waals surface area contributed by atoms with Crippen LogP contribution in [0, 0.1) is 12.3 Å². The summed E-state index contributed by atoms with van der Waals surface area (Å²) in [6.45, 7) is 4.77. The first-order chi connectivity index (χ1) is 11.5. The number of aliphatic hydroxyl groups excluding tert-OH is 2. The van der Waals surface area contributed by atoms with E-state index >= 15 is 0 Å². The predicted molar refractivity (Wildman–Crippen MR) is 90.9 cm³/mol. The lowest BCUT2D eigenvalue weighted by Crippen LogP contribution is -2.55. The van der Waals surface area contributed by atoms with Crippen molar-refractivity contribution in [3.8, 4) is 0 Å². The predicted octanol–water partition coefficient (Wildman–Crippen LogP) is 1.63. The number of hydrogen-bond donors (Lipinski definition) is 2. The highest BCUT2D eigenvalue weighted by Gasteiger charge is 2.43. The minimum atomic E-state index is -0.623. The second kappa shape index (κ2) is 6.53. The van der Waals surface area contributed by atoms with Gasteiger partial charge in [-0.05, 0) is 31.4 Å². The highest BCUT2D eigenvalue weighted by molar-refractivity contribution is 6.00. The van der Waals surface area contributed by atoms with Crippen molar-refractivity contribution in [2.24, 2.45) is 5.41 Å². The van der Waals surface area contributed by atoms with Gasteiger partial charge in [-0.3, -0.25) is 4.79 Å². The molecule has 2 aromatic rings. The second-order valence-electron chi connectivity index (χ2n) is 6.90. The van der Waals surface area contributed by atoms with E-state index in [0.29, 0.717) is 31.5 Å². The molecule has 0 aromatic carbocycles. The van der Waals surface area contributed by atoms with Crippen LogP contribution in [-0.2, 0) is 0 Å². The van der Waals surface area contributed by atoms with Crippen LogP contribution in [0.5, 0.6) is 0 Å². The number of aliphatic hydroxyl groups is 2. The molecule has 1 aliphatic heterocycles. The van der Waals surface area contributed by atoms with Crippen LogP contribution in [-0.4, -0.2) is 56.4 Å². The number of pyridine rings is 1. The summed E-state index contributed by atoms with van der Waals surface area (Å²) >= 11 is 0. The lowest BCUT2D eigenvalue weighted by molar-refractivity contribution is -0.0719. The maximum atomic E-state index is 13.0. The Kier molecular flexibility index (Phi) is 4.60. The lowest BCUT2D eigenvalue weighted by atomic mass is 9.74. The quantitative estimate of drug-likeness (QED) is 0.892. The van der Waals surface area contributed by atoms with Gasteiger partial charge in [0.05, 0.1) is 30.0 Å². The molecule has 130 valence electrons. The number of nitrogens with zero attached hydrogens (tertiary/aromatic N) is 3. The number of amides is 1. The monoisotopic (exact) mass is 331 g/mol. The molecule has 3 heterocycles. The van der Waals surface area contributed by atoms with Crippen LogP contribution in [0.1, 0.15) is 42.1 Å². The minimum absolute atomic E-state index is 0.0883. The standard InChI is InChI=1S/C18H25N3O3/c1-3-7-18(12-22)11-20(8-6-16(18)23)17(24)14-9-19-21-10-13(2)4-5-15(14)21/h4-5,9-10,16,22-23H,3,6-8,11-12H2,1-2H3/t16-,18-/m0/s1. The highest BCUT2D eigenvalue weighted by Crippen LogP contribution is 2.35. The van der Waals surface area contributed by atoms with E-state index in [1.807, 2.05) is 32.2 Å². The third-order valence-corrected chi connectivity index (χ3v) is 5.13. The number of aromatic nitrogens is 2. The van der Waals surface area contributed by atoms with Crippen LogP contribution < -0.4 is 0 Å². The van der Waals surface area contributed by atoms with Crippen LogP contribution >= 0.6 is 0 Å². The number of aryl methyl sites for hydroxylation is 1. The first kappa shape index (κ1) is 16.9. The highest BCUT2D eigenvalue weighted by atomic mass is 16.3. The SMILES string of the molecule is CCC[C@@]1(CO)CN(C(=O)c2cnn3cc(C)ccc23)CC[C@@H]1O. The Labute approximate surface area is 141 Å². The van der Waals surface area contributed by atoms with E-state index in [0.717, 1.165) is 17.5 Å². The van der Waals surface area contributed by atoms with Gasteiger partial charge in [-0.25, -0.2) is 4.52 Å². The fourth-order valence-electron chi connectivity index (χ4n) is 3.72.